The Morgan fingerprint density at radius 1 is 1.00 bits per heavy atom. The molecule has 0 spiro atoms. The van der Waals surface area contributed by atoms with Gasteiger partial charge in [-0.15, -0.1) is 0 Å². The van der Waals surface area contributed by atoms with Crippen molar-refractivity contribution in [2.24, 2.45) is 11.5 Å². The highest BCUT2D eigenvalue weighted by Crippen LogP contribution is 1.84. The zero-order chi connectivity index (χ0) is 12.8. The van der Waals surface area contributed by atoms with Crippen LogP contribution in [-0.4, -0.2) is 52.0 Å². The maximum absolute atomic E-state index is 10.4. The van der Waals surface area contributed by atoms with Crippen molar-refractivity contribution < 1.29 is 14.3 Å². The van der Waals surface area contributed by atoms with Gasteiger partial charge in [0.05, 0.1) is 13.2 Å². The van der Waals surface area contributed by atoms with E-state index in [1.54, 1.807) is 0 Å². The molecule has 17 heavy (non-hydrogen) atoms. The molecule has 0 aromatic rings. The number of primary amides is 1. The minimum absolute atomic E-state index is 0.275. The predicted octanol–water partition coefficient (Wildman–Crippen LogP) is -0.776. The quantitative estimate of drug-likeness (QED) is 0.371. The third-order valence-corrected chi connectivity index (χ3v) is 2.06. The highest BCUT2D eigenvalue weighted by molar-refractivity contribution is 5.73. The van der Waals surface area contributed by atoms with Gasteiger partial charge in [-0.25, -0.2) is 0 Å². The first-order valence-electron chi connectivity index (χ1n) is 6.12. The molecular formula is C11H25N3O3. The Hall–Kier alpha value is -0.690. The molecule has 0 saturated heterocycles. The molecule has 0 aromatic heterocycles. The van der Waals surface area contributed by atoms with Crippen molar-refractivity contribution in [2.45, 2.75) is 19.3 Å². The van der Waals surface area contributed by atoms with Crippen molar-refractivity contribution in [2.75, 3.05) is 46.1 Å². The van der Waals surface area contributed by atoms with E-state index in [0.29, 0.717) is 45.9 Å². The van der Waals surface area contributed by atoms with E-state index < -0.39 is 0 Å². The van der Waals surface area contributed by atoms with Crippen molar-refractivity contribution in [1.29, 1.82) is 0 Å². The van der Waals surface area contributed by atoms with Gasteiger partial charge < -0.3 is 26.3 Å². The lowest BCUT2D eigenvalue weighted by molar-refractivity contribution is -0.117. The fourth-order valence-corrected chi connectivity index (χ4v) is 1.14. The largest absolute Gasteiger partial charge is 0.379 e. The molecule has 0 saturated carbocycles. The molecule has 0 fully saturated rings. The van der Waals surface area contributed by atoms with Gasteiger partial charge in [0.15, 0.2) is 0 Å². The molecule has 0 atom stereocenters. The van der Waals surface area contributed by atoms with Crippen LogP contribution >= 0.6 is 0 Å². The maximum atomic E-state index is 10.4. The minimum Gasteiger partial charge on any atom is -0.379 e. The summed E-state index contributed by atoms with van der Waals surface area (Å²) >= 11 is 0. The lowest BCUT2D eigenvalue weighted by Crippen LogP contribution is -2.23. The Morgan fingerprint density at radius 3 is 2.24 bits per heavy atom. The second-order valence-electron chi connectivity index (χ2n) is 3.69. The number of carbonyl (C=O) groups is 1. The first-order chi connectivity index (χ1) is 8.27. The van der Waals surface area contributed by atoms with Gasteiger partial charge in [-0.3, -0.25) is 4.79 Å². The van der Waals surface area contributed by atoms with Crippen molar-refractivity contribution >= 4 is 5.91 Å². The zero-order valence-electron chi connectivity index (χ0n) is 10.5. The molecule has 0 unspecified atom stereocenters. The van der Waals surface area contributed by atoms with Crippen LogP contribution in [0.5, 0.6) is 0 Å². The molecule has 6 nitrogen and oxygen atoms in total. The molecule has 5 N–H and O–H groups in total. The molecule has 0 radical (unpaired) electrons. The molecule has 0 heterocycles. The number of rotatable bonds is 13. The SMILES string of the molecule is NCCCOCCOCCCNCCC(N)=O. The van der Waals surface area contributed by atoms with Crippen molar-refractivity contribution in [3.63, 3.8) is 0 Å². The van der Waals surface area contributed by atoms with Crippen LogP contribution in [0.3, 0.4) is 0 Å². The second-order valence-corrected chi connectivity index (χ2v) is 3.69. The molecule has 1 amide bonds. The lowest BCUT2D eigenvalue weighted by Gasteiger charge is -2.06. The molecule has 0 rings (SSSR count). The molecule has 0 aliphatic rings. The van der Waals surface area contributed by atoms with Gasteiger partial charge in [0, 0.05) is 26.2 Å². The minimum atomic E-state index is -0.275. The number of carbonyl (C=O) groups excluding carboxylic acids is 1. The summed E-state index contributed by atoms with van der Waals surface area (Å²) in [5, 5.41) is 3.11. The summed E-state index contributed by atoms with van der Waals surface area (Å²) in [5.41, 5.74) is 10.3. The molecular weight excluding hydrogens is 222 g/mol. The van der Waals surface area contributed by atoms with E-state index in [2.05, 4.69) is 5.32 Å². The van der Waals surface area contributed by atoms with Crippen molar-refractivity contribution in [3.8, 4) is 0 Å². The summed E-state index contributed by atoms with van der Waals surface area (Å²) in [6.07, 6.45) is 2.20. The van der Waals surface area contributed by atoms with Crippen LogP contribution in [0.4, 0.5) is 0 Å². The van der Waals surface area contributed by atoms with E-state index in [4.69, 9.17) is 20.9 Å². The second kappa shape index (κ2) is 13.4. The fraction of sp³-hybridized carbons (Fsp3) is 0.909. The number of ether oxygens (including phenoxy) is 2. The summed E-state index contributed by atoms with van der Waals surface area (Å²) in [6.45, 7) is 4.77. The van der Waals surface area contributed by atoms with Gasteiger partial charge >= 0.3 is 0 Å². The number of nitrogens with one attached hydrogen (secondary N) is 1. The average Bonchev–Trinajstić information content (AvgIpc) is 2.30. The Kier molecular flexibility index (Phi) is 12.8. The van der Waals surface area contributed by atoms with Crippen LogP contribution in [0.15, 0.2) is 0 Å². The molecule has 6 heteroatoms. The Morgan fingerprint density at radius 2 is 1.65 bits per heavy atom. The summed E-state index contributed by atoms with van der Waals surface area (Å²) in [4.78, 5) is 10.4. The third kappa shape index (κ3) is 15.3. The standard InChI is InChI=1S/C11H25N3O3/c12-4-1-7-16-9-10-17-8-2-5-14-6-3-11(13)15/h14H,1-10,12H2,(H2,13,15). The number of hydrogen-bond donors (Lipinski definition) is 3. The van der Waals surface area contributed by atoms with E-state index in [0.717, 1.165) is 19.4 Å². The fourth-order valence-electron chi connectivity index (χ4n) is 1.14. The van der Waals surface area contributed by atoms with Gasteiger partial charge in [0.25, 0.3) is 0 Å². The Balaban J connectivity index is 2.91. The Bertz CT molecular complexity index is 179. The van der Waals surface area contributed by atoms with Crippen LogP contribution in [0.2, 0.25) is 0 Å². The molecule has 0 aromatic carbocycles. The number of hydrogen-bond acceptors (Lipinski definition) is 5. The summed E-state index contributed by atoms with van der Waals surface area (Å²) in [6, 6.07) is 0. The molecule has 102 valence electrons. The van der Waals surface area contributed by atoms with E-state index >= 15 is 0 Å². The predicted molar refractivity (Wildman–Crippen MR) is 66.6 cm³/mol. The van der Waals surface area contributed by atoms with Gasteiger partial charge in [-0.05, 0) is 25.9 Å². The summed E-state index contributed by atoms with van der Waals surface area (Å²) in [7, 11) is 0. The van der Waals surface area contributed by atoms with E-state index in [-0.39, 0.29) is 5.91 Å². The van der Waals surface area contributed by atoms with Gasteiger partial charge in [-0.2, -0.15) is 0 Å². The number of amides is 1. The van der Waals surface area contributed by atoms with Crippen LogP contribution in [0.25, 0.3) is 0 Å². The zero-order valence-corrected chi connectivity index (χ0v) is 10.5. The van der Waals surface area contributed by atoms with Crippen LogP contribution in [-0.2, 0) is 14.3 Å². The molecule has 0 aliphatic carbocycles. The van der Waals surface area contributed by atoms with Gasteiger partial charge in [0.2, 0.25) is 5.91 Å². The lowest BCUT2D eigenvalue weighted by atomic mass is 10.4. The molecule has 0 bridgehead atoms. The van der Waals surface area contributed by atoms with Crippen LogP contribution in [0.1, 0.15) is 19.3 Å². The van der Waals surface area contributed by atoms with Crippen molar-refractivity contribution in [1.82, 2.24) is 5.32 Å². The smallest absolute Gasteiger partial charge is 0.218 e. The summed E-state index contributed by atoms with van der Waals surface area (Å²) in [5.74, 6) is -0.275. The normalized spacial score (nSPS) is 10.6. The highest BCUT2D eigenvalue weighted by atomic mass is 16.5. The average molecular weight is 247 g/mol. The summed E-state index contributed by atoms with van der Waals surface area (Å²) < 4.78 is 10.6. The van der Waals surface area contributed by atoms with E-state index in [1.807, 2.05) is 0 Å². The highest BCUT2D eigenvalue weighted by Gasteiger charge is 1.94. The third-order valence-electron chi connectivity index (χ3n) is 2.06. The van der Waals surface area contributed by atoms with Gasteiger partial charge in [0.1, 0.15) is 0 Å². The Labute approximate surface area is 103 Å². The molecule has 0 aliphatic heterocycles. The van der Waals surface area contributed by atoms with E-state index in [1.165, 1.54) is 0 Å². The number of nitrogens with two attached hydrogens (primary N) is 2. The van der Waals surface area contributed by atoms with E-state index in [9.17, 15) is 4.79 Å². The first kappa shape index (κ1) is 16.3. The van der Waals surface area contributed by atoms with Crippen LogP contribution in [0, 0.1) is 0 Å². The van der Waals surface area contributed by atoms with Crippen LogP contribution < -0.4 is 16.8 Å². The maximum Gasteiger partial charge on any atom is 0.218 e. The first-order valence-corrected chi connectivity index (χ1v) is 6.12. The monoisotopic (exact) mass is 247 g/mol. The topological polar surface area (TPSA) is 99.6 Å². The van der Waals surface area contributed by atoms with Gasteiger partial charge in [-0.1, -0.05) is 0 Å². The van der Waals surface area contributed by atoms with Crippen molar-refractivity contribution in [3.05, 3.63) is 0 Å².